The monoisotopic (exact) mass is 1210 g/mol. The predicted octanol–water partition coefficient (Wildman–Crippen LogP) is 3.84. The molecular formula is C58H78BF2N9O16. The van der Waals surface area contributed by atoms with E-state index >= 15 is 0 Å². The van der Waals surface area contributed by atoms with Crippen molar-refractivity contribution in [3.8, 4) is 5.75 Å². The molecule has 25 nitrogen and oxygen atoms in total. The summed E-state index contributed by atoms with van der Waals surface area (Å²) in [5, 5.41) is 65.7. The molecule has 3 amide bonds. The topological polar surface area (TPSA) is 351 Å². The van der Waals surface area contributed by atoms with E-state index in [-0.39, 0.29) is 76.1 Å². The molecule has 4 rings (SSSR count). The van der Waals surface area contributed by atoms with E-state index in [1.807, 2.05) is 30.3 Å². The molecule has 2 heterocycles. The van der Waals surface area contributed by atoms with Gasteiger partial charge in [0.2, 0.25) is 17.7 Å². The highest BCUT2D eigenvalue weighted by atomic mass is 19.2. The lowest BCUT2D eigenvalue weighted by Crippen LogP contribution is -2.51. The molecule has 1 unspecified atom stereocenters. The molecule has 28 heteroatoms. The average Bonchev–Trinajstić information content (AvgIpc) is 1.94. The van der Waals surface area contributed by atoms with Gasteiger partial charge in [-0.15, -0.1) is 0 Å². The summed E-state index contributed by atoms with van der Waals surface area (Å²) >= 11 is 0. The summed E-state index contributed by atoms with van der Waals surface area (Å²) in [5.41, 5.74) is 5.16. The van der Waals surface area contributed by atoms with Crippen LogP contribution in [0.5, 0.6) is 5.75 Å². The van der Waals surface area contributed by atoms with Gasteiger partial charge in [0, 0.05) is 93.8 Å². The Kier molecular flexibility index (Phi) is 29.8. The molecule has 9 N–H and O–H groups in total. The molecule has 0 bridgehead atoms. The third-order valence-corrected chi connectivity index (χ3v) is 14.1. The predicted molar refractivity (Wildman–Crippen MR) is 314 cm³/mol. The standard InChI is InChI=1S/C58H78BF2N9O16/c1-39-47(40(2)70(59(60)61)49(39)31-44-18-22-48(64-44)42-14-19-46(86-3)20-15-42)21-23-51(72)63-25-8-4-6-10-50(71)62-24-9-5-7-11-52(73)65-43-16-12-41(13-17-43)30-45(69(37-57(82)83)38-58(84)85)32-67(34-54(76)77)28-26-66(33-53(74)75)27-29-68(35-55(78)79)36-56(80)81/h12-20,22,31,45H,4-11,21,23-30,32-38H2,1-3H3,(H,62,71)(H,63,72)(H,65,73)(H,74,75)(H,76,77)(H,78,79)(H,80,81)(H,82,83)(H,84,85)/b44-31-. The van der Waals surface area contributed by atoms with Gasteiger partial charge in [0.15, 0.2) is 0 Å². The molecule has 1 aliphatic heterocycles. The summed E-state index contributed by atoms with van der Waals surface area (Å²) in [6, 6.07) is 13.0. The summed E-state index contributed by atoms with van der Waals surface area (Å²) in [6.45, 7) is -0.315. The minimum Gasteiger partial charge on any atom is -0.497 e. The first kappa shape index (κ1) is 70.2. The first-order valence-corrected chi connectivity index (χ1v) is 28.2. The zero-order valence-electron chi connectivity index (χ0n) is 48.7. The number of carbonyl (C=O) groups is 9. The molecule has 0 saturated carbocycles. The molecule has 0 fully saturated rings. The average molecular weight is 1210 g/mol. The Labute approximate surface area is 497 Å². The van der Waals surface area contributed by atoms with Crippen LogP contribution < -0.4 is 20.7 Å². The number of aliphatic imine (C=N–C) groups is 1. The van der Waals surface area contributed by atoms with Gasteiger partial charge in [0.25, 0.3) is 0 Å². The minimum absolute atomic E-state index is 0.0269. The first-order chi connectivity index (χ1) is 40.9. The van der Waals surface area contributed by atoms with Gasteiger partial charge in [-0.2, -0.15) is 0 Å². The van der Waals surface area contributed by atoms with Gasteiger partial charge >= 0.3 is 43.2 Å². The Bertz CT molecular complexity index is 2870. The summed E-state index contributed by atoms with van der Waals surface area (Å²) < 4.78 is 34.9. The van der Waals surface area contributed by atoms with E-state index in [4.69, 9.17) is 4.74 Å². The molecule has 1 aliphatic rings. The molecular weight excluding hydrogens is 1130 g/mol. The fourth-order valence-electron chi connectivity index (χ4n) is 9.84. The van der Waals surface area contributed by atoms with Crippen molar-refractivity contribution in [1.29, 1.82) is 0 Å². The zero-order chi connectivity index (χ0) is 63.3. The maximum absolute atomic E-state index is 14.4. The van der Waals surface area contributed by atoms with E-state index in [0.717, 1.165) is 19.8 Å². The molecule has 0 radical (unpaired) electrons. The summed E-state index contributed by atoms with van der Waals surface area (Å²) in [5.74, 6) is -7.74. The Morgan fingerprint density at radius 3 is 1.65 bits per heavy atom. The van der Waals surface area contributed by atoms with Gasteiger partial charge in [0.05, 0.1) is 57.8 Å². The number of ether oxygens (including phenoxy) is 1. The van der Waals surface area contributed by atoms with Crippen LogP contribution in [-0.2, 0) is 56.0 Å². The molecule has 3 aromatic rings. The van der Waals surface area contributed by atoms with Crippen LogP contribution in [0.25, 0.3) is 6.08 Å². The number of benzene rings is 2. The number of unbranched alkanes of at least 4 members (excludes halogenated alkanes) is 4. The number of halogens is 2. The van der Waals surface area contributed by atoms with Crippen LogP contribution in [0.2, 0.25) is 0 Å². The van der Waals surface area contributed by atoms with Crippen LogP contribution in [0, 0.1) is 13.8 Å². The molecule has 1 aromatic heterocycles. The molecule has 1 atom stereocenters. The number of aliphatic carboxylic acids is 6. The lowest BCUT2D eigenvalue weighted by Gasteiger charge is -2.34. The number of anilines is 1. The number of carbonyl (C=O) groups excluding carboxylic acids is 3. The van der Waals surface area contributed by atoms with Crippen LogP contribution in [-0.4, -0.2) is 220 Å². The van der Waals surface area contributed by atoms with Crippen LogP contribution >= 0.6 is 0 Å². The third-order valence-electron chi connectivity index (χ3n) is 14.1. The largest absolute Gasteiger partial charge is 0.677 e. The number of aromatic nitrogens is 1. The number of methoxy groups -OCH3 is 1. The van der Waals surface area contributed by atoms with E-state index in [2.05, 4.69) is 20.9 Å². The number of carboxylic acid groups (broad SMARTS) is 6. The van der Waals surface area contributed by atoms with Crippen molar-refractivity contribution >= 4 is 78.4 Å². The van der Waals surface area contributed by atoms with E-state index in [9.17, 15) is 82.4 Å². The van der Waals surface area contributed by atoms with E-state index in [1.54, 1.807) is 57.4 Å². The second kappa shape index (κ2) is 36.5. The van der Waals surface area contributed by atoms with Gasteiger partial charge < -0.3 is 55.8 Å². The molecule has 0 saturated heterocycles. The van der Waals surface area contributed by atoms with E-state index < -0.39 is 88.5 Å². The Morgan fingerprint density at radius 1 is 0.616 bits per heavy atom. The quantitative estimate of drug-likeness (QED) is 0.0287. The second-order valence-corrected chi connectivity index (χ2v) is 20.8. The highest BCUT2D eigenvalue weighted by molar-refractivity contribution is 6.41. The van der Waals surface area contributed by atoms with Crippen molar-refractivity contribution in [1.82, 2.24) is 34.7 Å². The fraction of sp³-hybridized carbons (Fsp3) is 0.483. The van der Waals surface area contributed by atoms with Crippen LogP contribution in [0.3, 0.4) is 0 Å². The Morgan fingerprint density at radius 2 is 1.12 bits per heavy atom. The first-order valence-electron chi connectivity index (χ1n) is 28.2. The fourth-order valence-corrected chi connectivity index (χ4v) is 9.84. The zero-order valence-corrected chi connectivity index (χ0v) is 48.7. The van der Waals surface area contributed by atoms with Crippen molar-refractivity contribution < 1.29 is 87.2 Å². The van der Waals surface area contributed by atoms with Crippen LogP contribution in [0.1, 0.15) is 91.4 Å². The summed E-state index contributed by atoms with van der Waals surface area (Å²) in [7, 11) is -1.21. The van der Waals surface area contributed by atoms with E-state index in [1.165, 1.54) is 9.80 Å². The number of allylic oxidation sites excluding steroid dienone is 2. The molecule has 468 valence electrons. The van der Waals surface area contributed by atoms with Crippen LogP contribution in [0.4, 0.5) is 14.3 Å². The highest BCUT2D eigenvalue weighted by Gasteiger charge is 2.29. The van der Waals surface area contributed by atoms with Gasteiger partial charge in [-0.25, -0.2) is 4.99 Å². The van der Waals surface area contributed by atoms with Crippen LogP contribution in [0.15, 0.2) is 71.4 Å². The smallest absolute Gasteiger partial charge is 0.497 e. The Balaban J connectivity index is 1.16. The molecule has 0 aliphatic carbocycles. The number of hydrogen-bond acceptors (Lipinski definition) is 15. The van der Waals surface area contributed by atoms with Gasteiger partial charge in [-0.05, 0) is 124 Å². The summed E-state index contributed by atoms with van der Waals surface area (Å²) in [4.78, 5) is 118. The van der Waals surface area contributed by atoms with Gasteiger partial charge in [0.1, 0.15) is 5.75 Å². The Hall–Kier alpha value is -8.34. The van der Waals surface area contributed by atoms with Crippen molar-refractivity contribution in [2.24, 2.45) is 4.99 Å². The summed E-state index contributed by atoms with van der Waals surface area (Å²) in [6.07, 6.45) is 9.92. The number of hydrogen-bond donors (Lipinski definition) is 9. The number of amides is 3. The maximum atomic E-state index is 14.4. The van der Waals surface area contributed by atoms with Crippen molar-refractivity contribution in [2.75, 3.05) is 97.5 Å². The third kappa shape index (κ3) is 25.9. The van der Waals surface area contributed by atoms with Crippen molar-refractivity contribution in [2.45, 2.75) is 90.5 Å². The number of nitrogens with one attached hydrogen (secondary N) is 3. The van der Waals surface area contributed by atoms with Gasteiger partial charge in [-0.1, -0.05) is 25.0 Å². The molecule has 0 spiro atoms. The lowest BCUT2D eigenvalue weighted by atomic mass is 10.0. The number of carboxylic acids is 6. The van der Waals surface area contributed by atoms with Crippen molar-refractivity contribution in [3.63, 3.8) is 0 Å². The number of nitrogens with zero attached hydrogens (tertiary/aromatic N) is 6. The highest BCUT2D eigenvalue weighted by Crippen LogP contribution is 2.29. The normalized spacial score (nSPS) is 12.8. The lowest BCUT2D eigenvalue weighted by molar-refractivity contribution is -0.145. The van der Waals surface area contributed by atoms with E-state index in [0.29, 0.717) is 109 Å². The maximum Gasteiger partial charge on any atom is 0.677 e. The second-order valence-electron chi connectivity index (χ2n) is 20.8. The molecule has 2 aromatic carbocycles. The SMILES string of the molecule is COc1ccc(C2=N/C(=C\c3c(C)c(CCC(=O)NCCCCCC(=O)NCCCCCC(=O)Nc4ccc(CC(CN(CCN(CCN(CC(=O)O)CC(=O)O)CC(=O)O)CC(=O)O)N(CC(=O)O)CC(=O)O)cc4)c(C)n3B(F)F)C=C2)cc1. The molecule has 86 heavy (non-hydrogen) atoms. The minimum atomic E-state index is -2.79. The number of rotatable bonds is 43. The van der Waals surface area contributed by atoms with Crippen molar-refractivity contribution in [3.05, 3.63) is 100 Å². The van der Waals surface area contributed by atoms with Gasteiger partial charge in [-0.3, -0.25) is 71.4 Å².